The molecule has 0 spiro atoms. The van der Waals surface area contributed by atoms with Gasteiger partial charge in [0.15, 0.2) is 0 Å². The third-order valence-electron chi connectivity index (χ3n) is 1.89. The number of allylic oxidation sites excluding steroid dienone is 3. The van der Waals surface area contributed by atoms with Gasteiger partial charge in [0, 0.05) is 21.0 Å². The first kappa shape index (κ1) is 16.7. The van der Waals surface area contributed by atoms with Crippen molar-refractivity contribution < 1.29 is 9.90 Å². The summed E-state index contributed by atoms with van der Waals surface area (Å²) in [5, 5.41) is 9.20. The first-order valence-electron chi connectivity index (χ1n) is 4.90. The highest BCUT2D eigenvalue weighted by molar-refractivity contribution is 5.72. The van der Waals surface area contributed by atoms with Crippen LogP contribution in [0.5, 0.6) is 0 Å². The zero-order valence-corrected chi connectivity index (χ0v) is 10.7. The van der Waals surface area contributed by atoms with Gasteiger partial charge in [0.2, 0.25) is 5.91 Å². The van der Waals surface area contributed by atoms with E-state index in [0.29, 0.717) is 11.3 Å². The maximum Gasteiger partial charge on any atom is 0.218 e. The van der Waals surface area contributed by atoms with Crippen molar-refractivity contribution in [2.75, 3.05) is 14.1 Å². The van der Waals surface area contributed by atoms with Crippen molar-refractivity contribution >= 4 is 5.91 Å². The second kappa shape index (κ2) is 8.59. The molecular formula is C12H22N2O2. The van der Waals surface area contributed by atoms with E-state index in [9.17, 15) is 9.90 Å². The number of nitrogens with two attached hydrogens (primary N) is 1. The molecule has 0 aliphatic carbocycles. The molecule has 4 nitrogen and oxygen atoms in total. The van der Waals surface area contributed by atoms with Crippen LogP contribution < -0.4 is 5.73 Å². The molecule has 0 rings (SSSR count). The molecule has 0 aliphatic rings. The Bertz CT molecular complexity index is 302. The lowest BCUT2D eigenvalue weighted by atomic mass is 10.2. The van der Waals surface area contributed by atoms with Crippen LogP contribution in [0.3, 0.4) is 0 Å². The standard InChI is InChI=1S/C8H13NO.C4H9NO/c1-4-6(3)8(10)7(9)5-2;1-4(6)5(2)3/h4-5,10H,1,9H2,2-3H3;1-3H3/b7-5+,8-6+;. The van der Waals surface area contributed by atoms with Crippen LogP contribution in [0.1, 0.15) is 20.8 Å². The van der Waals surface area contributed by atoms with Crippen molar-refractivity contribution in [2.45, 2.75) is 20.8 Å². The van der Waals surface area contributed by atoms with Crippen LogP contribution >= 0.6 is 0 Å². The highest BCUT2D eigenvalue weighted by Crippen LogP contribution is 2.06. The van der Waals surface area contributed by atoms with Crippen molar-refractivity contribution in [1.29, 1.82) is 0 Å². The predicted octanol–water partition coefficient (Wildman–Crippen LogP) is 1.96. The van der Waals surface area contributed by atoms with Gasteiger partial charge < -0.3 is 15.7 Å². The SMILES string of the molecule is C=C/C(C)=C(O)\C(N)=C/C.CC(=O)N(C)C. The normalized spacial score (nSPS) is 11.9. The van der Waals surface area contributed by atoms with E-state index in [1.165, 1.54) is 11.8 Å². The Morgan fingerprint density at radius 2 is 1.75 bits per heavy atom. The second-order valence-electron chi connectivity index (χ2n) is 3.39. The quantitative estimate of drug-likeness (QED) is 0.558. The molecule has 16 heavy (non-hydrogen) atoms. The minimum atomic E-state index is 0.0926. The van der Waals surface area contributed by atoms with Gasteiger partial charge in [-0.25, -0.2) is 0 Å². The minimum Gasteiger partial charge on any atom is -0.506 e. The monoisotopic (exact) mass is 226 g/mol. The summed E-state index contributed by atoms with van der Waals surface area (Å²) in [6.45, 7) is 8.54. The van der Waals surface area contributed by atoms with Crippen LogP contribution in [0, 0.1) is 0 Å². The maximum atomic E-state index is 10.1. The minimum absolute atomic E-state index is 0.0926. The third kappa shape index (κ3) is 7.67. The zero-order chi connectivity index (χ0) is 13.3. The Morgan fingerprint density at radius 3 is 1.94 bits per heavy atom. The van der Waals surface area contributed by atoms with Gasteiger partial charge in [0.25, 0.3) is 0 Å². The molecule has 0 bridgehead atoms. The molecule has 0 aliphatic heterocycles. The summed E-state index contributed by atoms with van der Waals surface area (Å²) >= 11 is 0. The number of carbonyl (C=O) groups is 1. The third-order valence-corrected chi connectivity index (χ3v) is 1.89. The number of aliphatic hydroxyl groups excluding tert-OH is 1. The molecule has 0 aromatic rings. The number of hydrogen-bond acceptors (Lipinski definition) is 3. The van der Waals surface area contributed by atoms with E-state index >= 15 is 0 Å². The smallest absolute Gasteiger partial charge is 0.218 e. The van der Waals surface area contributed by atoms with Crippen LogP contribution in [-0.2, 0) is 4.79 Å². The van der Waals surface area contributed by atoms with E-state index in [1.807, 2.05) is 0 Å². The Morgan fingerprint density at radius 1 is 1.38 bits per heavy atom. The number of carbonyl (C=O) groups excluding carboxylic acids is 1. The number of amides is 1. The highest BCUT2D eigenvalue weighted by atomic mass is 16.3. The Balaban J connectivity index is 0. The van der Waals surface area contributed by atoms with Gasteiger partial charge in [-0.3, -0.25) is 4.79 Å². The average molecular weight is 226 g/mol. The molecule has 0 heterocycles. The summed E-state index contributed by atoms with van der Waals surface area (Å²) in [6, 6.07) is 0. The molecule has 0 saturated carbocycles. The number of aliphatic hydroxyl groups is 1. The summed E-state index contributed by atoms with van der Waals surface area (Å²) in [4.78, 5) is 11.6. The summed E-state index contributed by atoms with van der Waals surface area (Å²) < 4.78 is 0. The van der Waals surface area contributed by atoms with Gasteiger partial charge >= 0.3 is 0 Å². The van der Waals surface area contributed by atoms with Crippen molar-refractivity contribution in [3.8, 4) is 0 Å². The lowest BCUT2D eigenvalue weighted by Crippen LogP contribution is -2.17. The summed E-state index contributed by atoms with van der Waals surface area (Å²) in [5.74, 6) is 0.201. The molecule has 92 valence electrons. The lowest BCUT2D eigenvalue weighted by molar-refractivity contribution is -0.126. The zero-order valence-electron chi connectivity index (χ0n) is 10.7. The van der Waals surface area contributed by atoms with E-state index in [0.717, 1.165) is 0 Å². The van der Waals surface area contributed by atoms with Crippen molar-refractivity contribution in [3.63, 3.8) is 0 Å². The van der Waals surface area contributed by atoms with Crippen LogP contribution in [-0.4, -0.2) is 30.0 Å². The Labute approximate surface area is 97.7 Å². The highest BCUT2D eigenvalue weighted by Gasteiger charge is 1.97. The fourth-order valence-electron chi connectivity index (χ4n) is 0.461. The number of nitrogens with zero attached hydrogens (tertiary/aromatic N) is 1. The molecular weight excluding hydrogens is 204 g/mol. The predicted molar refractivity (Wildman–Crippen MR) is 67.8 cm³/mol. The Kier molecular flexibility index (Phi) is 8.97. The van der Waals surface area contributed by atoms with Gasteiger partial charge in [-0.05, 0) is 19.4 Å². The van der Waals surface area contributed by atoms with Crippen LogP contribution in [0.2, 0.25) is 0 Å². The lowest BCUT2D eigenvalue weighted by Gasteiger charge is -2.02. The number of rotatable bonds is 2. The summed E-state index contributed by atoms with van der Waals surface area (Å²) in [5.41, 5.74) is 6.48. The largest absolute Gasteiger partial charge is 0.506 e. The van der Waals surface area contributed by atoms with Crippen molar-refractivity contribution in [2.24, 2.45) is 5.73 Å². The molecule has 1 amide bonds. The van der Waals surface area contributed by atoms with Crippen molar-refractivity contribution in [1.82, 2.24) is 4.90 Å². The van der Waals surface area contributed by atoms with Crippen LogP contribution in [0.25, 0.3) is 0 Å². The molecule has 0 atom stereocenters. The topological polar surface area (TPSA) is 66.6 Å². The summed E-state index contributed by atoms with van der Waals surface area (Å²) in [7, 11) is 3.45. The van der Waals surface area contributed by atoms with E-state index in [1.54, 1.807) is 40.1 Å². The van der Waals surface area contributed by atoms with E-state index < -0.39 is 0 Å². The molecule has 3 N–H and O–H groups in total. The van der Waals surface area contributed by atoms with Crippen LogP contribution in [0.15, 0.2) is 35.8 Å². The van der Waals surface area contributed by atoms with E-state index in [-0.39, 0.29) is 11.7 Å². The van der Waals surface area contributed by atoms with Crippen molar-refractivity contribution in [3.05, 3.63) is 35.8 Å². The molecule has 4 heteroatoms. The molecule has 0 unspecified atom stereocenters. The molecule has 0 radical (unpaired) electrons. The van der Waals surface area contributed by atoms with E-state index in [4.69, 9.17) is 5.73 Å². The van der Waals surface area contributed by atoms with Crippen LogP contribution in [0.4, 0.5) is 0 Å². The van der Waals surface area contributed by atoms with Gasteiger partial charge in [-0.2, -0.15) is 0 Å². The van der Waals surface area contributed by atoms with Gasteiger partial charge in [-0.1, -0.05) is 18.7 Å². The van der Waals surface area contributed by atoms with E-state index in [2.05, 4.69) is 6.58 Å². The van der Waals surface area contributed by atoms with Gasteiger partial charge in [0.1, 0.15) is 5.76 Å². The maximum absolute atomic E-state index is 10.1. The number of hydrogen-bond donors (Lipinski definition) is 2. The first-order valence-corrected chi connectivity index (χ1v) is 4.90. The fraction of sp³-hybridized carbons (Fsp3) is 0.417. The molecule has 0 fully saturated rings. The second-order valence-corrected chi connectivity index (χ2v) is 3.39. The Hall–Kier alpha value is -1.71. The van der Waals surface area contributed by atoms with Gasteiger partial charge in [0.05, 0.1) is 5.70 Å². The molecule has 0 aromatic carbocycles. The summed E-state index contributed by atoms with van der Waals surface area (Å²) in [6.07, 6.45) is 3.20. The molecule has 0 saturated heterocycles. The fourth-order valence-corrected chi connectivity index (χ4v) is 0.461. The molecule has 0 aromatic heterocycles. The first-order chi connectivity index (χ1) is 7.27. The average Bonchev–Trinajstić information content (AvgIpc) is 2.26. The van der Waals surface area contributed by atoms with Gasteiger partial charge in [-0.15, -0.1) is 0 Å².